The molecule has 1 N–H and O–H groups in total. The molecule has 0 radical (unpaired) electrons. The fourth-order valence-electron chi connectivity index (χ4n) is 2.08. The molecule has 0 aromatic carbocycles. The van der Waals surface area contributed by atoms with Crippen molar-refractivity contribution >= 4 is 33.2 Å². The maximum Gasteiger partial charge on any atom is 0.328 e. The third-order valence-electron chi connectivity index (χ3n) is 3.46. The average Bonchev–Trinajstić information content (AvgIpc) is 3.02. The van der Waals surface area contributed by atoms with Crippen molar-refractivity contribution in [3.05, 3.63) is 0 Å². The number of thioether (sulfide) groups is 1. The zero-order valence-electron chi connectivity index (χ0n) is 12.8. The van der Waals surface area contributed by atoms with Crippen molar-refractivity contribution in [2.75, 3.05) is 33.1 Å². The van der Waals surface area contributed by atoms with Crippen molar-refractivity contribution in [1.82, 2.24) is 18.5 Å². The van der Waals surface area contributed by atoms with Crippen LogP contribution < -0.4 is 0 Å². The van der Waals surface area contributed by atoms with E-state index in [-0.39, 0.29) is 17.6 Å². The minimum Gasteiger partial charge on any atom is -0.371 e. The average molecular weight is 351 g/mol. The molecule has 2 aliphatic rings. The molecule has 0 saturated carbocycles. The maximum absolute atomic E-state index is 12.4. The summed E-state index contributed by atoms with van der Waals surface area (Å²) in [5.74, 6) is 0.0916. The van der Waals surface area contributed by atoms with E-state index in [4.69, 9.17) is 0 Å². The molecule has 1 atom stereocenters. The zero-order valence-corrected chi connectivity index (χ0v) is 14.5. The van der Waals surface area contributed by atoms with Crippen LogP contribution >= 0.6 is 11.8 Å². The van der Waals surface area contributed by atoms with E-state index in [0.717, 1.165) is 33.9 Å². The van der Waals surface area contributed by atoms with Gasteiger partial charge in [-0.25, -0.2) is 9.69 Å². The number of carbonyl (C=O) groups is 1. The van der Waals surface area contributed by atoms with Gasteiger partial charge < -0.3 is 10.0 Å². The van der Waals surface area contributed by atoms with Gasteiger partial charge in [-0.15, -0.1) is 5.10 Å². The molecule has 126 valence electrons. The molecule has 0 bridgehead atoms. The summed E-state index contributed by atoms with van der Waals surface area (Å²) < 4.78 is 27.0. The van der Waals surface area contributed by atoms with Crippen LogP contribution in [0.4, 0.5) is 4.79 Å². The van der Waals surface area contributed by atoms with Crippen LogP contribution in [0.3, 0.4) is 0 Å². The van der Waals surface area contributed by atoms with E-state index in [1.807, 2.05) is 6.92 Å². The molecule has 2 heterocycles. The Bertz CT molecular complexity index is 567. The van der Waals surface area contributed by atoms with Crippen molar-refractivity contribution < 1.29 is 18.3 Å². The van der Waals surface area contributed by atoms with E-state index in [1.165, 1.54) is 16.3 Å². The van der Waals surface area contributed by atoms with Crippen molar-refractivity contribution in [2.24, 2.45) is 5.10 Å². The number of unbranched alkanes of at least 4 members (excludes halogenated alkanes) is 1. The molecule has 1 fully saturated rings. The fourth-order valence-corrected chi connectivity index (χ4v) is 4.47. The van der Waals surface area contributed by atoms with Crippen LogP contribution in [-0.2, 0) is 10.2 Å². The number of nitrogens with zero attached hydrogens (tertiary/aromatic N) is 5. The van der Waals surface area contributed by atoms with Gasteiger partial charge in [-0.3, -0.25) is 0 Å². The summed E-state index contributed by atoms with van der Waals surface area (Å²) in [6, 6.07) is -0.391. The summed E-state index contributed by atoms with van der Waals surface area (Å²) >= 11 is 1.11. The Balaban J connectivity index is 2.13. The van der Waals surface area contributed by atoms with Gasteiger partial charge in [0.05, 0.1) is 6.54 Å². The van der Waals surface area contributed by atoms with Gasteiger partial charge in [-0.1, -0.05) is 25.1 Å². The van der Waals surface area contributed by atoms with E-state index in [2.05, 4.69) is 5.10 Å². The summed E-state index contributed by atoms with van der Waals surface area (Å²) in [5, 5.41) is 14.1. The van der Waals surface area contributed by atoms with E-state index in [1.54, 1.807) is 7.05 Å². The Labute approximate surface area is 134 Å². The number of amides is 2. The second-order valence-electron chi connectivity index (χ2n) is 5.17. The zero-order chi connectivity index (χ0) is 16.5. The molecule has 11 heteroatoms. The normalized spacial score (nSPS) is 23.0. The lowest BCUT2D eigenvalue weighted by Crippen LogP contribution is -2.39. The maximum atomic E-state index is 12.4. The Hall–Kier alpha value is -1.04. The van der Waals surface area contributed by atoms with Crippen LogP contribution in [0.2, 0.25) is 0 Å². The van der Waals surface area contributed by atoms with Gasteiger partial charge >= 0.3 is 16.2 Å². The number of likely N-dealkylation sites (N-methyl/N-ethyl adjacent to an activating group) is 1. The van der Waals surface area contributed by atoms with Crippen molar-refractivity contribution in [1.29, 1.82) is 0 Å². The lowest BCUT2D eigenvalue weighted by molar-refractivity contribution is 0.105. The largest absolute Gasteiger partial charge is 0.371 e. The molecule has 0 aromatic heterocycles. The van der Waals surface area contributed by atoms with Crippen LogP contribution in [0.1, 0.15) is 19.8 Å². The third kappa shape index (κ3) is 3.16. The van der Waals surface area contributed by atoms with Gasteiger partial charge in [0.15, 0.2) is 11.4 Å². The van der Waals surface area contributed by atoms with Crippen molar-refractivity contribution in [3.8, 4) is 0 Å². The summed E-state index contributed by atoms with van der Waals surface area (Å²) in [4.78, 5) is 14.4. The fraction of sp³-hybridized carbons (Fsp3) is 0.818. The summed E-state index contributed by atoms with van der Waals surface area (Å²) in [6.45, 7) is 2.57. The number of hydrogen-bond donors (Lipinski definition) is 1. The minimum absolute atomic E-state index is 0.0916. The number of β-amino-alcohol motifs (C(OH)–C–C–N with tert-alkyl or cyclic N) is 1. The molecule has 0 spiro atoms. The monoisotopic (exact) mass is 351 g/mol. The number of rotatable bonds is 5. The van der Waals surface area contributed by atoms with Crippen LogP contribution in [0.5, 0.6) is 0 Å². The molecule has 0 aromatic rings. The van der Waals surface area contributed by atoms with E-state index >= 15 is 0 Å². The number of carbonyl (C=O) groups excluding carboxylic acids is 1. The Morgan fingerprint density at radius 1 is 1.50 bits per heavy atom. The minimum atomic E-state index is -3.70. The number of aliphatic hydroxyl groups is 1. The van der Waals surface area contributed by atoms with Gasteiger partial charge in [-0.2, -0.15) is 17.1 Å². The molecule has 0 aliphatic carbocycles. The summed E-state index contributed by atoms with van der Waals surface area (Å²) in [6.07, 6.45) is 0.648. The number of hydrazone groups is 1. The highest BCUT2D eigenvalue weighted by Gasteiger charge is 2.41. The SMILES string of the molecule is CCCCN(C)S(=O)(=O)N1CSC(N2C(=O)N(C)CC2O)=N1. The molecule has 22 heavy (non-hydrogen) atoms. The molecule has 1 unspecified atom stereocenters. The predicted octanol–water partition coefficient (Wildman–Crippen LogP) is -0.0738. The first-order valence-corrected chi connectivity index (χ1v) is 9.35. The first-order chi connectivity index (χ1) is 10.3. The van der Waals surface area contributed by atoms with Crippen LogP contribution in [0.25, 0.3) is 0 Å². The Morgan fingerprint density at radius 2 is 2.18 bits per heavy atom. The van der Waals surface area contributed by atoms with Gasteiger partial charge in [0.2, 0.25) is 0 Å². The van der Waals surface area contributed by atoms with Crippen LogP contribution in [-0.4, -0.2) is 82.5 Å². The number of amidine groups is 1. The molecular formula is C11H21N5O4S2. The first kappa shape index (κ1) is 17.3. The van der Waals surface area contributed by atoms with Gasteiger partial charge in [0.1, 0.15) is 5.88 Å². The summed E-state index contributed by atoms with van der Waals surface area (Å²) in [7, 11) is -0.622. The highest BCUT2D eigenvalue weighted by Crippen LogP contribution is 2.27. The molecule has 9 nitrogen and oxygen atoms in total. The third-order valence-corrected chi connectivity index (χ3v) is 6.25. The number of hydrogen-bond acceptors (Lipinski definition) is 6. The van der Waals surface area contributed by atoms with Gasteiger partial charge in [-0.05, 0) is 6.42 Å². The van der Waals surface area contributed by atoms with Crippen molar-refractivity contribution in [3.63, 3.8) is 0 Å². The second kappa shape index (κ2) is 6.60. The molecule has 2 rings (SSSR count). The Morgan fingerprint density at radius 3 is 2.73 bits per heavy atom. The molecule has 1 saturated heterocycles. The highest BCUT2D eigenvalue weighted by atomic mass is 32.2. The topological polar surface area (TPSA) is 96.8 Å². The predicted molar refractivity (Wildman–Crippen MR) is 84.1 cm³/mol. The lowest BCUT2D eigenvalue weighted by Gasteiger charge is -2.21. The van der Waals surface area contributed by atoms with E-state index < -0.39 is 22.5 Å². The highest BCUT2D eigenvalue weighted by molar-refractivity contribution is 8.14. The van der Waals surface area contributed by atoms with E-state index in [9.17, 15) is 18.3 Å². The molecular weight excluding hydrogens is 330 g/mol. The van der Waals surface area contributed by atoms with Crippen molar-refractivity contribution in [2.45, 2.75) is 26.0 Å². The standard InChI is InChI=1S/C11H21N5O4S2/c1-4-5-6-14(3)22(19,20)15-8-21-10(12-15)16-9(17)7-13(2)11(16)18/h9,17H,4-8H2,1-3H3. The van der Waals surface area contributed by atoms with Crippen LogP contribution in [0, 0.1) is 0 Å². The quantitative estimate of drug-likeness (QED) is 0.748. The molecule has 2 amide bonds. The number of aliphatic hydroxyl groups excluding tert-OH is 1. The summed E-state index contributed by atoms with van der Waals surface area (Å²) in [5.41, 5.74) is 0. The Kier molecular flexibility index (Phi) is 5.20. The van der Waals surface area contributed by atoms with E-state index in [0.29, 0.717) is 6.54 Å². The van der Waals surface area contributed by atoms with Gasteiger partial charge in [0.25, 0.3) is 0 Å². The smallest absolute Gasteiger partial charge is 0.328 e. The lowest BCUT2D eigenvalue weighted by atomic mass is 10.3. The molecule has 2 aliphatic heterocycles. The van der Waals surface area contributed by atoms with Gasteiger partial charge in [0, 0.05) is 20.6 Å². The first-order valence-electron chi connectivity index (χ1n) is 6.96. The second-order valence-corrected chi connectivity index (χ2v) is 8.03. The number of urea groups is 1. The van der Waals surface area contributed by atoms with Crippen LogP contribution in [0.15, 0.2) is 5.10 Å².